The van der Waals surface area contributed by atoms with Gasteiger partial charge in [-0.2, -0.15) is 0 Å². The van der Waals surface area contributed by atoms with E-state index in [-0.39, 0.29) is 18.5 Å². The number of nitrogens with zero attached hydrogens (tertiary/aromatic N) is 3. The molecule has 2 heterocycles. The highest BCUT2D eigenvalue weighted by atomic mass is 35.5. The fourth-order valence-electron chi connectivity index (χ4n) is 2.65. The van der Waals surface area contributed by atoms with E-state index in [1.54, 1.807) is 0 Å². The van der Waals surface area contributed by atoms with Gasteiger partial charge in [0.15, 0.2) is 0 Å². The molecule has 2 rings (SSSR count). The number of piperidine rings is 1. The van der Waals surface area contributed by atoms with Crippen molar-refractivity contribution in [1.82, 2.24) is 14.9 Å². The maximum absolute atomic E-state index is 12.0. The van der Waals surface area contributed by atoms with Crippen LogP contribution in [0.2, 0.25) is 0 Å². The Labute approximate surface area is 128 Å². The number of hydrazine groups is 1. The standard InChI is InChI=1S/C14H27N3O2.ClH/c1-14(2,3)19-13(18)15-9-11-17(12-10-15)16-7-5-4-6-8-16;/h4-12H2,1-3H3;1H. The zero-order valence-corrected chi connectivity index (χ0v) is 13.7. The van der Waals surface area contributed by atoms with Crippen LogP contribution in [0.1, 0.15) is 40.0 Å². The summed E-state index contributed by atoms with van der Waals surface area (Å²) in [6, 6.07) is 0. The summed E-state index contributed by atoms with van der Waals surface area (Å²) in [5.41, 5.74) is -0.402. The number of ether oxygens (including phenoxy) is 1. The van der Waals surface area contributed by atoms with Gasteiger partial charge >= 0.3 is 6.09 Å². The Balaban J connectivity index is 0.00000200. The van der Waals surface area contributed by atoms with E-state index < -0.39 is 5.60 Å². The van der Waals surface area contributed by atoms with E-state index in [1.165, 1.54) is 32.4 Å². The monoisotopic (exact) mass is 305 g/mol. The van der Waals surface area contributed by atoms with Crippen LogP contribution in [0, 0.1) is 0 Å². The second-order valence-electron chi connectivity index (χ2n) is 6.44. The Kier molecular flexibility index (Phi) is 6.55. The van der Waals surface area contributed by atoms with Crippen molar-refractivity contribution in [1.29, 1.82) is 0 Å². The molecule has 2 aliphatic heterocycles. The van der Waals surface area contributed by atoms with Crippen LogP contribution < -0.4 is 0 Å². The van der Waals surface area contributed by atoms with Crippen LogP contribution in [0.3, 0.4) is 0 Å². The van der Waals surface area contributed by atoms with Gasteiger partial charge < -0.3 is 9.64 Å². The molecule has 0 bridgehead atoms. The van der Waals surface area contributed by atoms with Gasteiger partial charge in [-0.1, -0.05) is 6.42 Å². The van der Waals surface area contributed by atoms with Gasteiger partial charge in [0.2, 0.25) is 0 Å². The first kappa shape index (κ1) is 17.5. The van der Waals surface area contributed by atoms with Crippen molar-refractivity contribution in [2.24, 2.45) is 0 Å². The third kappa shape index (κ3) is 5.11. The van der Waals surface area contributed by atoms with Crippen molar-refractivity contribution >= 4 is 18.5 Å². The molecule has 20 heavy (non-hydrogen) atoms. The highest BCUT2D eigenvalue weighted by Gasteiger charge is 2.28. The third-order valence-electron chi connectivity index (χ3n) is 3.64. The van der Waals surface area contributed by atoms with Gasteiger partial charge in [-0.3, -0.25) is 0 Å². The number of amides is 1. The minimum absolute atomic E-state index is 0. The molecule has 2 saturated heterocycles. The predicted molar refractivity (Wildman–Crippen MR) is 82.1 cm³/mol. The first-order valence-electron chi connectivity index (χ1n) is 7.43. The molecule has 0 atom stereocenters. The number of halogens is 1. The molecule has 1 amide bonds. The van der Waals surface area contributed by atoms with Crippen LogP contribution in [0.15, 0.2) is 0 Å². The first-order valence-corrected chi connectivity index (χ1v) is 7.43. The largest absolute Gasteiger partial charge is 0.444 e. The highest BCUT2D eigenvalue weighted by molar-refractivity contribution is 5.85. The molecule has 0 radical (unpaired) electrons. The molecular weight excluding hydrogens is 278 g/mol. The zero-order chi connectivity index (χ0) is 13.9. The van der Waals surface area contributed by atoms with E-state index in [9.17, 15) is 4.79 Å². The lowest BCUT2D eigenvalue weighted by Gasteiger charge is -2.42. The van der Waals surface area contributed by atoms with Gasteiger partial charge in [-0.05, 0) is 33.6 Å². The number of rotatable bonds is 1. The Bertz CT molecular complexity index is 306. The molecule has 2 fully saturated rings. The molecule has 0 unspecified atom stereocenters. The van der Waals surface area contributed by atoms with Crippen LogP contribution in [-0.4, -0.2) is 65.9 Å². The van der Waals surface area contributed by atoms with Crippen LogP contribution in [0.5, 0.6) is 0 Å². The van der Waals surface area contributed by atoms with Gasteiger partial charge in [0.05, 0.1) is 0 Å². The number of piperazine rings is 1. The average Bonchev–Trinajstić information content (AvgIpc) is 2.38. The molecule has 0 aromatic rings. The van der Waals surface area contributed by atoms with Crippen LogP contribution >= 0.6 is 12.4 Å². The van der Waals surface area contributed by atoms with Gasteiger partial charge in [-0.25, -0.2) is 14.8 Å². The smallest absolute Gasteiger partial charge is 0.410 e. The molecule has 5 nitrogen and oxygen atoms in total. The summed E-state index contributed by atoms with van der Waals surface area (Å²) in [6.45, 7) is 11.5. The SMILES string of the molecule is CC(C)(C)OC(=O)N1CCN(N2CCCCC2)CC1.Cl. The molecule has 0 aromatic carbocycles. The Hall–Kier alpha value is -0.520. The van der Waals surface area contributed by atoms with E-state index in [2.05, 4.69) is 10.0 Å². The van der Waals surface area contributed by atoms with Gasteiger partial charge in [0, 0.05) is 39.3 Å². The molecular formula is C14H28ClN3O2. The molecule has 0 N–H and O–H groups in total. The lowest BCUT2D eigenvalue weighted by atomic mass is 10.1. The lowest BCUT2D eigenvalue weighted by molar-refractivity contribution is -0.0702. The summed E-state index contributed by atoms with van der Waals surface area (Å²) in [6.07, 6.45) is 3.78. The molecule has 0 aliphatic carbocycles. The molecule has 118 valence electrons. The summed E-state index contributed by atoms with van der Waals surface area (Å²) >= 11 is 0. The summed E-state index contributed by atoms with van der Waals surface area (Å²) in [4.78, 5) is 13.8. The minimum Gasteiger partial charge on any atom is -0.444 e. The Morgan fingerprint density at radius 2 is 1.35 bits per heavy atom. The van der Waals surface area contributed by atoms with E-state index >= 15 is 0 Å². The topological polar surface area (TPSA) is 36.0 Å². The van der Waals surface area contributed by atoms with Crippen molar-refractivity contribution in [2.45, 2.75) is 45.6 Å². The van der Waals surface area contributed by atoms with Gasteiger partial charge in [0.1, 0.15) is 5.60 Å². The van der Waals surface area contributed by atoms with E-state index in [1.807, 2.05) is 25.7 Å². The Morgan fingerprint density at radius 1 is 0.850 bits per heavy atom. The van der Waals surface area contributed by atoms with Crippen LogP contribution in [0.4, 0.5) is 4.79 Å². The van der Waals surface area contributed by atoms with Crippen LogP contribution in [-0.2, 0) is 4.74 Å². The maximum atomic E-state index is 12.0. The van der Waals surface area contributed by atoms with Crippen molar-refractivity contribution in [2.75, 3.05) is 39.3 Å². The Morgan fingerprint density at radius 3 is 1.85 bits per heavy atom. The molecule has 0 spiro atoms. The van der Waals surface area contributed by atoms with Crippen molar-refractivity contribution < 1.29 is 9.53 Å². The van der Waals surface area contributed by atoms with Crippen molar-refractivity contribution in [3.63, 3.8) is 0 Å². The van der Waals surface area contributed by atoms with Crippen LogP contribution in [0.25, 0.3) is 0 Å². The number of carbonyl (C=O) groups is 1. The fourth-order valence-corrected chi connectivity index (χ4v) is 2.65. The molecule has 2 aliphatic rings. The predicted octanol–water partition coefficient (Wildman–Crippen LogP) is 2.36. The molecule has 0 saturated carbocycles. The maximum Gasteiger partial charge on any atom is 0.410 e. The fraction of sp³-hybridized carbons (Fsp3) is 0.929. The number of carbonyl (C=O) groups excluding carboxylic acids is 1. The lowest BCUT2D eigenvalue weighted by Crippen LogP contribution is -2.56. The quantitative estimate of drug-likeness (QED) is 0.745. The van der Waals surface area contributed by atoms with E-state index in [4.69, 9.17) is 4.74 Å². The second-order valence-corrected chi connectivity index (χ2v) is 6.44. The van der Waals surface area contributed by atoms with E-state index in [0.29, 0.717) is 0 Å². The number of hydrogen-bond donors (Lipinski definition) is 0. The normalized spacial score (nSPS) is 22.2. The van der Waals surface area contributed by atoms with Gasteiger partial charge in [0.25, 0.3) is 0 Å². The summed E-state index contributed by atoms with van der Waals surface area (Å²) < 4.78 is 5.41. The van der Waals surface area contributed by atoms with Crippen molar-refractivity contribution in [3.8, 4) is 0 Å². The van der Waals surface area contributed by atoms with E-state index in [0.717, 1.165) is 26.2 Å². The highest BCUT2D eigenvalue weighted by Crippen LogP contribution is 2.15. The summed E-state index contributed by atoms with van der Waals surface area (Å²) in [7, 11) is 0. The summed E-state index contributed by atoms with van der Waals surface area (Å²) in [5.74, 6) is 0. The number of hydrogen-bond acceptors (Lipinski definition) is 4. The van der Waals surface area contributed by atoms with Crippen molar-refractivity contribution in [3.05, 3.63) is 0 Å². The minimum atomic E-state index is -0.402. The zero-order valence-electron chi connectivity index (χ0n) is 12.9. The van der Waals surface area contributed by atoms with Gasteiger partial charge in [-0.15, -0.1) is 12.4 Å². The first-order chi connectivity index (χ1) is 8.96. The molecule has 0 aromatic heterocycles. The second kappa shape index (κ2) is 7.48. The summed E-state index contributed by atoms with van der Waals surface area (Å²) in [5, 5.41) is 4.86. The third-order valence-corrected chi connectivity index (χ3v) is 3.64. The average molecular weight is 306 g/mol. The molecule has 6 heteroatoms.